The van der Waals surface area contributed by atoms with Crippen LogP contribution < -0.4 is 0 Å². The van der Waals surface area contributed by atoms with Gasteiger partial charge in [0.15, 0.2) is 6.19 Å². The van der Waals surface area contributed by atoms with Crippen molar-refractivity contribution in [2.75, 3.05) is 6.54 Å². The van der Waals surface area contributed by atoms with Gasteiger partial charge in [0.25, 0.3) is 0 Å². The lowest BCUT2D eigenvalue weighted by Gasteiger charge is -2.25. The Morgan fingerprint density at radius 1 is 1.33 bits per heavy atom. The zero-order valence-corrected chi connectivity index (χ0v) is 6.85. The fourth-order valence-electron chi connectivity index (χ4n) is 3.54. The summed E-state index contributed by atoms with van der Waals surface area (Å²) < 4.78 is 0. The second kappa shape index (κ2) is 1.94. The second-order valence-corrected chi connectivity index (χ2v) is 4.39. The van der Waals surface area contributed by atoms with Crippen LogP contribution >= 0.6 is 0 Å². The highest BCUT2D eigenvalue weighted by molar-refractivity contribution is 5.13. The van der Waals surface area contributed by atoms with Gasteiger partial charge in [0, 0.05) is 6.54 Å². The minimum atomic E-state index is -0.214. The first-order valence-electron chi connectivity index (χ1n) is 4.65. The van der Waals surface area contributed by atoms with Gasteiger partial charge >= 0.3 is 0 Å². The summed E-state index contributed by atoms with van der Waals surface area (Å²) in [5.41, 5.74) is 0. The van der Waals surface area contributed by atoms with Gasteiger partial charge in [-0.2, -0.15) is 5.26 Å². The molecule has 64 valence electrons. The van der Waals surface area contributed by atoms with Crippen LogP contribution in [0.5, 0.6) is 0 Å². The number of aliphatic hydroxyl groups excluding tert-OH is 1. The molecule has 0 amide bonds. The van der Waals surface area contributed by atoms with Crippen LogP contribution in [-0.2, 0) is 0 Å². The molecule has 0 aromatic heterocycles. The highest BCUT2D eigenvalue weighted by Crippen LogP contribution is 2.54. The monoisotopic (exact) mass is 164 g/mol. The van der Waals surface area contributed by atoms with Gasteiger partial charge in [-0.05, 0) is 30.6 Å². The topological polar surface area (TPSA) is 47.3 Å². The number of rotatable bonds is 0. The Labute approximate surface area is 71.6 Å². The van der Waals surface area contributed by atoms with E-state index >= 15 is 0 Å². The van der Waals surface area contributed by atoms with Gasteiger partial charge in [0.05, 0.1) is 12.1 Å². The number of hydrogen-bond donors (Lipinski definition) is 1. The summed E-state index contributed by atoms with van der Waals surface area (Å²) in [6, 6.07) is 0.179. The van der Waals surface area contributed by atoms with Crippen molar-refractivity contribution < 1.29 is 5.11 Å². The zero-order valence-electron chi connectivity index (χ0n) is 6.85. The molecule has 3 heteroatoms. The molecule has 2 aliphatic carbocycles. The molecule has 2 bridgehead atoms. The molecule has 0 aromatic carbocycles. The molecule has 0 spiro atoms. The lowest BCUT2D eigenvalue weighted by molar-refractivity contribution is 0.0673. The summed E-state index contributed by atoms with van der Waals surface area (Å²) in [5, 5.41) is 18.6. The average Bonchev–Trinajstić information content (AvgIpc) is 2.61. The summed E-state index contributed by atoms with van der Waals surface area (Å²) in [5.74, 6) is 1.84. The highest BCUT2D eigenvalue weighted by atomic mass is 16.3. The maximum absolute atomic E-state index is 9.81. The van der Waals surface area contributed by atoms with E-state index < -0.39 is 0 Å². The highest BCUT2D eigenvalue weighted by Gasteiger charge is 2.58. The minimum absolute atomic E-state index is 0.179. The predicted molar refractivity (Wildman–Crippen MR) is 41.8 cm³/mol. The third kappa shape index (κ3) is 0.569. The first kappa shape index (κ1) is 6.73. The first-order valence-corrected chi connectivity index (χ1v) is 4.65. The summed E-state index contributed by atoms with van der Waals surface area (Å²) >= 11 is 0. The molecule has 12 heavy (non-hydrogen) atoms. The Hall–Kier alpha value is -0.750. The van der Waals surface area contributed by atoms with E-state index in [0.717, 1.165) is 19.4 Å². The molecule has 5 atom stereocenters. The van der Waals surface area contributed by atoms with Crippen LogP contribution in [0.15, 0.2) is 0 Å². The average molecular weight is 164 g/mol. The fraction of sp³-hybridized carbons (Fsp3) is 0.889. The second-order valence-electron chi connectivity index (χ2n) is 4.39. The predicted octanol–water partition coefficient (Wildman–Crippen LogP) is 0.169. The fourth-order valence-corrected chi connectivity index (χ4v) is 3.54. The molecule has 1 heterocycles. The number of nitriles is 1. The number of fused-ring (bicyclic) bond motifs is 1. The Morgan fingerprint density at radius 2 is 2.17 bits per heavy atom. The molecule has 3 rings (SSSR count). The van der Waals surface area contributed by atoms with Gasteiger partial charge < -0.3 is 10.0 Å². The molecule has 5 unspecified atom stereocenters. The quantitative estimate of drug-likeness (QED) is 0.519. The summed E-state index contributed by atoms with van der Waals surface area (Å²) in [7, 11) is 0. The molecule has 0 radical (unpaired) electrons. The van der Waals surface area contributed by atoms with Crippen molar-refractivity contribution in [2.45, 2.75) is 25.0 Å². The molecule has 2 saturated carbocycles. The lowest BCUT2D eigenvalue weighted by Crippen LogP contribution is -2.38. The van der Waals surface area contributed by atoms with Crippen molar-refractivity contribution in [2.24, 2.45) is 17.8 Å². The molecule has 0 aromatic rings. The summed E-state index contributed by atoms with van der Waals surface area (Å²) in [4.78, 5) is 1.80. The van der Waals surface area contributed by atoms with Gasteiger partial charge in [-0.25, -0.2) is 0 Å². The third-order valence-electron chi connectivity index (χ3n) is 3.98. The summed E-state index contributed by atoms with van der Waals surface area (Å²) in [6.45, 7) is 0.902. The molecule has 3 fully saturated rings. The van der Waals surface area contributed by atoms with E-state index in [9.17, 15) is 5.11 Å². The maximum Gasteiger partial charge on any atom is 0.179 e. The molecular weight excluding hydrogens is 152 g/mol. The molecule has 1 N–H and O–H groups in total. The van der Waals surface area contributed by atoms with Crippen LogP contribution in [0.2, 0.25) is 0 Å². The van der Waals surface area contributed by atoms with Gasteiger partial charge in [0.1, 0.15) is 0 Å². The van der Waals surface area contributed by atoms with Crippen molar-refractivity contribution in [1.82, 2.24) is 4.90 Å². The van der Waals surface area contributed by atoms with Gasteiger partial charge in [0.2, 0.25) is 0 Å². The minimum Gasteiger partial charge on any atom is -0.391 e. The summed E-state index contributed by atoms with van der Waals surface area (Å²) in [6.07, 6.45) is 4.30. The first-order chi connectivity index (χ1) is 5.81. The van der Waals surface area contributed by atoms with E-state index in [0.29, 0.717) is 17.8 Å². The number of hydrogen-bond acceptors (Lipinski definition) is 3. The van der Waals surface area contributed by atoms with Crippen LogP contribution in [0.1, 0.15) is 12.8 Å². The normalized spacial score (nSPS) is 54.7. The molecule has 3 nitrogen and oxygen atoms in total. The van der Waals surface area contributed by atoms with Crippen molar-refractivity contribution in [3.63, 3.8) is 0 Å². The standard InChI is InChI=1S/C9H12N2O/c10-4-11-3-6-1-5-2-7(6)8(11)9(5)12/h5-9,12H,1-3H2. The SMILES string of the molecule is N#CN1CC2CC3CC2C1C3O. The Morgan fingerprint density at radius 3 is 2.83 bits per heavy atom. The number of nitrogens with zero attached hydrogens (tertiary/aromatic N) is 2. The maximum atomic E-state index is 9.81. The smallest absolute Gasteiger partial charge is 0.179 e. The van der Waals surface area contributed by atoms with Crippen LogP contribution in [-0.4, -0.2) is 28.7 Å². The zero-order chi connectivity index (χ0) is 8.29. The van der Waals surface area contributed by atoms with E-state index in [2.05, 4.69) is 6.19 Å². The third-order valence-corrected chi connectivity index (χ3v) is 3.98. The van der Waals surface area contributed by atoms with Gasteiger partial charge in [-0.3, -0.25) is 0 Å². The van der Waals surface area contributed by atoms with Gasteiger partial charge in [-0.1, -0.05) is 0 Å². The van der Waals surface area contributed by atoms with E-state index in [-0.39, 0.29) is 12.1 Å². The number of likely N-dealkylation sites (tertiary alicyclic amines) is 1. The van der Waals surface area contributed by atoms with Crippen molar-refractivity contribution in [1.29, 1.82) is 5.26 Å². The van der Waals surface area contributed by atoms with Crippen molar-refractivity contribution >= 4 is 0 Å². The van der Waals surface area contributed by atoms with Crippen molar-refractivity contribution in [3.8, 4) is 6.19 Å². The van der Waals surface area contributed by atoms with Gasteiger partial charge in [-0.15, -0.1) is 0 Å². The largest absolute Gasteiger partial charge is 0.391 e. The van der Waals surface area contributed by atoms with E-state index in [4.69, 9.17) is 5.26 Å². The van der Waals surface area contributed by atoms with Crippen molar-refractivity contribution in [3.05, 3.63) is 0 Å². The Kier molecular flexibility index (Phi) is 1.09. The van der Waals surface area contributed by atoms with Crippen LogP contribution in [0.4, 0.5) is 0 Å². The van der Waals surface area contributed by atoms with Crippen LogP contribution in [0, 0.1) is 29.2 Å². The van der Waals surface area contributed by atoms with E-state index in [1.54, 1.807) is 4.90 Å². The Bertz CT molecular complexity index is 258. The van der Waals surface area contributed by atoms with E-state index in [1.807, 2.05) is 0 Å². The van der Waals surface area contributed by atoms with Crippen LogP contribution in [0.3, 0.4) is 0 Å². The van der Waals surface area contributed by atoms with Crippen LogP contribution in [0.25, 0.3) is 0 Å². The van der Waals surface area contributed by atoms with E-state index in [1.165, 1.54) is 0 Å². The number of aliphatic hydroxyl groups is 1. The molecular formula is C9H12N2O. The molecule has 1 saturated heterocycles. The molecule has 1 aliphatic heterocycles. The molecule has 3 aliphatic rings. The lowest BCUT2D eigenvalue weighted by atomic mass is 9.88. The Balaban J connectivity index is 1.98.